The molecule has 51 heavy (non-hydrogen) atoms. The molecule has 3 amide bonds. The molecule has 2 heterocycles. The van der Waals surface area contributed by atoms with Gasteiger partial charge in [0.15, 0.2) is 23.7 Å². The molecule has 1 saturated heterocycles. The lowest BCUT2D eigenvalue weighted by atomic mass is 9.50. The highest BCUT2D eigenvalue weighted by Crippen LogP contribution is 2.65. The van der Waals surface area contributed by atoms with E-state index in [-0.39, 0.29) is 36.9 Å². The SMILES string of the molecule is CC(=O)NC(CCCCNC(=O)OC(C)(C)C)C(=O)NCCC(=O)O[C@@H](C)C(=O)OC1=CC[C@@]2(O)[C@H]3Cc4ccc(O)c5c4[C@@]2(CCN3C)[C@H]1O5. The number of esters is 2. The minimum absolute atomic E-state index is 0.0479. The van der Waals surface area contributed by atoms with Crippen molar-refractivity contribution in [3.05, 3.63) is 35.1 Å². The van der Waals surface area contributed by atoms with Crippen molar-refractivity contribution in [2.45, 2.75) is 120 Å². The van der Waals surface area contributed by atoms with Crippen LogP contribution in [0.3, 0.4) is 0 Å². The van der Waals surface area contributed by atoms with Crippen LogP contribution in [0, 0.1) is 0 Å². The highest BCUT2D eigenvalue weighted by atomic mass is 16.6. The first-order valence-electron chi connectivity index (χ1n) is 17.5. The van der Waals surface area contributed by atoms with Gasteiger partial charge in [-0.05, 0) is 91.1 Å². The van der Waals surface area contributed by atoms with E-state index < -0.39 is 64.7 Å². The third-order valence-corrected chi connectivity index (χ3v) is 10.1. The number of hydrogen-bond acceptors (Lipinski definition) is 12. The van der Waals surface area contributed by atoms with Crippen molar-refractivity contribution >= 4 is 29.8 Å². The van der Waals surface area contributed by atoms with Crippen molar-refractivity contribution in [2.75, 3.05) is 26.7 Å². The first-order valence-corrected chi connectivity index (χ1v) is 17.5. The fraction of sp³-hybridized carbons (Fsp3) is 0.639. The Morgan fingerprint density at radius 2 is 1.86 bits per heavy atom. The van der Waals surface area contributed by atoms with E-state index in [1.54, 1.807) is 32.9 Å². The number of likely N-dealkylation sites (N-methyl/N-ethyl adjacent to an activating group) is 1. The molecular weight excluding hydrogens is 664 g/mol. The highest BCUT2D eigenvalue weighted by molar-refractivity contribution is 5.87. The zero-order valence-corrected chi connectivity index (χ0v) is 30.1. The maximum absolute atomic E-state index is 13.2. The van der Waals surface area contributed by atoms with Crippen LogP contribution in [-0.4, -0.2) is 107 Å². The molecule has 0 saturated carbocycles. The number of nitrogens with zero attached hydrogens (tertiary/aromatic N) is 1. The minimum atomic E-state index is -1.29. The van der Waals surface area contributed by atoms with Crippen LogP contribution in [0.25, 0.3) is 0 Å². The van der Waals surface area contributed by atoms with E-state index in [4.69, 9.17) is 18.9 Å². The second-order valence-electron chi connectivity index (χ2n) is 14.9. The van der Waals surface area contributed by atoms with Gasteiger partial charge in [0.25, 0.3) is 0 Å². The summed E-state index contributed by atoms with van der Waals surface area (Å²) < 4.78 is 22.6. The number of phenolic OH excluding ortho intramolecular Hbond substituents is 1. The van der Waals surface area contributed by atoms with Crippen LogP contribution in [0.1, 0.15) is 84.3 Å². The van der Waals surface area contributed by atoms with Gasteiger partial charge in [0.05, 0.1) is 17.4 Å². The van der Waals surface area contributed by atoms with Crippen molar-refractivity contribution in [3.8, 4) is 11.5 Å². The quantitative estimate of drug-likeness (QED) is 0.113. The number of aromatic hydroxyl groups is 1. The lowest BCUT2D eigenvalue weighted by Gasteiger charge is -2.61. The monoisotopic (exact) mass is 714 g/mol. The summed E-state index contributed by atoms with van der Waals surface area (Å²) >= 11 is 0. The van der Waals surface area contributed by atoms with Crippen LogP contribution in [0.2, 0.25) is 0 Å². The molecule has 1 aromatic rings. The molecule has 1 unspecified atom stereocenters. The number of ether oxygens (including phenoxy) is 4. The van der Waals surface area contributed by atoms with E-state index in [9.17, 15) is 34.2 Å². The molecule has 280 valence electrons. The predicted molar refractivity (Wildman–Crippen MR) is 182 cm³/mol. The Bertz CT molecular complexity index is 1590. The molecule has 4 aliphatic rings. The zero-order valence-electron chi connectivity index (χ0n) is 30.1. The number of carbonyl (C=O) groups is 5. The zero-order chi connectivity index (χ0) is 37.3. The molecular formula is C36H50N4O11. The molecule has 15 heteroatoms. The summed E-state index contributed by atoms with van der Waals surface area (Å²) in [5.41, 5.74) is -1.02. The molecule has 1 fully saturated rings. The van der Waals surface area contributed by atoms with Gasteiger partial charge in [0.1, 0.15) is 17.4 Å². The van der Waals surface area contributed by atoms with Crippen LogP contribution in [0.5, 0.6) is 11.5 Å². The summed E-state index contributed by atoms with van der Waals surface area (Å²) in [5.74, 6) is -2.03. The van der Waals surface area contributed by atoms with E-state index in [1.165, 1.54) is 13.8 Å². The largest absolute Gasteiger partial charge is 0.504 e. The summed E-state index contributed by atoms with van der Waals surface area (Å²) in [6.45, 7) is 8.87. The maximum Gasteiger partial charge on any atom is 0.407 e. The maximum atomic E-state index is 13.2. The Hall–Kier alpha value is -4.37. The van der Waals surface area contributed by atoms with E-state index in [0.29, 0.717) is 50.9 Å². The van der Waals surface area contributed by atoms with Gasteiger partial charge in [-0.25, -0.2) is 9.59 Å². The molecule has 2 aliphatic carbocycles. The number of benzene rings is 1. The molecule has 1 spiro atoms. The van der Waals surface area contributed by atoms with Gasteiger partial charge in [-0.2, -0.15) is 0 Å². The van der Waals surface area contributed by atoms with Crippen LogP contribution < -0.4 is 20.7 Å². The topological polar surface area (TPSA) is 202 Å². The second kappa shape index (κ2) is 14.7. The van der Waals surface area contributed by atoms with Gasteiger partial charge in [-0.1, -0.05) is 6.07 Å². The molecule has 5 rings (SSSR count). The third-order valence-electron chi connectivity index (χ3n) is 10.1. The average molecular weight is 715 g/mol. The number of aliphatic hydroxyl groups is 1. The fourth-order valence-electron chi connectivity index (χ4n) is 7.84. The van der Waals surface area contributed by atoms with Crippen LogP contribution >= 0.6 is 0 Å². The van der Waals surface area contributed by atoms with Crippen LogP contribution in [0.15, 0.2) is 24.0 Å². The van der Waals surface area contributed by atoms with Gasteiger partial charge in [-0.15, -0.1) is 0 Å². The molecule has 2 bridgehead atoms. The standard InChI is InChI=1S/C36H50N4O11/c1-20(48-27(43)13-17-37-31(44)23(39-21(2)41)9-7-8-16-38-33(46)51-34(3,4)5)32(45)49-25-12-14-36(47)26-19-22-10-11-24(42)29-28(22)35(36,30(25)50-29)15-18-40(26)6/h10-12,20,23,26,30,42,47H,7-9,13-19H2,1-6H3,(H,37,44)(H,38,46)(H,39,41)/t20-,23?,26+,30-,35-,36+/m0/s1. The second-order valence-corrected chi connectivity index (χ2v) is 14.9. The van der Waals surface area contributed by atoms with E-state index in [2.05, 4.69) is 20.9 Å². The fourth-order valence-corrected chi connectivity index (χ4v) is 7.84. The van der Waals surface area contributed by atoms with Crippen molar-refractivity contribution < 1.29 is 53.1 Å². The number of amides is 3. The highest BCUT2D eigenvalue weighted by Gasteiger charge is 2.72. The third kappa shape index (κ3) is 7.64. The summed E-state index contributed by atoms with van der Waals surface area (Å²) in [6, 6.07) is 2.39. The number of piperidine rings is 1. The summed E-state index contributed by atoms with van der Waals surface area (Å²) in [4.78, 5) is 64.3. The Kier molecular flexibility index (Phi) is 10.9. The molecule has 6 atom stereocenters. The number of carbonyl (C=O) groups excluding carboxylic acids is 5. The lowest BCUT2D eigenvalue weighted by Crippen LogP contribution is -2.74. The summed E-state index contributed by atoms with van der Waals surface area (Å²) in [5, 5.41) is 30.8. The number of alkyl carbamates (subject to hydrolysis) is 1. The van der Waals surface area contributed by atoms with E-state index >= 15 is 0 Å². The van der Waals surface area contributed by atoms with Crippen LogP contribution in [0.4, 0.5) is 4.79 Å². The van der Waals surface area contributed by atoms with Gasteiger partial charge in [0, 0.05) is 38.0 Å². The Morgan fingerprint density at radius 3 is 2.57 bits per heavy atom. The molecule has 5 N–H and O–H groups in total. The van der Waals surface area contributed by atoms with Gasteiger partial charge in [0.2, 0.25) is 11.8 Å². The average Bonchev–Trinajstić information content (AvgIpc) is 3.40. The molecule has 15 nitrogen and oxygen atoms in total. The van der Waals surface area contributed by atoms with Crippen molar-refractivity contribution in [3.63, 3.8) is 0 Å². The lowest BCUT2D eigenvalue weighted by molar-refractivity contribution is -0.175. The van der Waals surface area contributed by atoms with Crippen molar-refractivity contribution in [1.82, 2.24) is 20.9 Å². The number of likely N-dealkylation sites (tertiary alicyclic amines) is 1. The Balaban J connectivity index is 1.11. The Labute approximate surface area is 297 Å². The van der Waals surface area contributed by atoms with Crippen LogP contribution in [-0.2, 0) is 45.2 Å². The van der Waals surface area contributed by atoms with Crippen molar-refractivity contribution in [1.29, 1.82) is 0 Å². The van der Waals surface area contributed by atoms with E-state index in [1.807, 2.05) is 13.1 Å². The van der Waals surface area contributed by atoms with Gasteiger partial charge in [-0.3, -0.25) is 14.4 Å². The first-order chi connectivity index (χ1) is 24.0. The molecule has 0 radical (unpaired) electrons. The van der Waals surface area contributed by atoms with Crippen molar-refractivity contribution in [2.24, 2.45) is 0 Å². The molecule has 1 aromatic carbocycles. The number of hydrogen-bond donors (Lipinski definition) is 5. The summed E-state index contributed by atoms with van der Waals surface area (Å²) in [7, 11) is 1.98. The Morgan fingerprint density at radius 1 is 1.12 bits per heavy atom. The number of phenols is 1. The predicted octanol–water partition coefficient (Wildman–Crippen LogP) is 1.85. The molecule has 2 aliphatic heterocycles. The normalized spacial score (nSPS) is 25.6. The summed E-state index contributed by atoms with van der Waals surface area (Å²) in [6.07, 6.45) is 1.38. The minimum Gasteiger partial charge on any atom is -0.504 e. The first kappa shape index (κ1) is 37.9. The smallest absolute Gasteiger partial charge is 0.407 e. The van der Waals surface area contributed by atoms with Gasteiger partial charge < -0.3 is 50.0 Å². The molecule has 0 aromatic heterocycles. The van der Waals surface area contributed by atoms with Gasteiger partial charge >= 0.3 is 18.0 Å². The number of nitrogens with one attached hydrogen (secondary N) is 3. The number of rotatable bonds is 13. The number of unbranched alkanes of at least 4 members (excludes halogenated alkanes) is 1. The van der Waals surface area contributed by atoms with E-state index in [0.717, 1.165) is 11.1 Å².